The first kappa shape index (κ1) is 15.4. The van der Waals surface area contributed by atoms with Gasteiger partial charge in [-0.25, -0.2) is 8.78 Å². The van der Waals surface area contributed by atoms with Crippen LogP contribution >= 0.6 is 11.8 Å². The summed E-state index contributed by atoms with van der Waals surface area (Å²) in [6.45, 7) is 0. The summed E-state index contributed by atoms with van der Waals surface area (Å²) in [5.74, 6) is -2.50. The van der Waals surface area contributed by atoms with E-state index < -0.39 is 28.7 Å². The Morgan fingerprint density at radius 1 is 1.43 bits per heavy atom. The van der Waals surface area contributed by atoms with E-state index in [9.17, 15) is 18.4 Å². The summed E-state index contributed by atoms with van der Waals surface area (Å²) < 4.78 is 26.2. The average molecular weight is 313 g/mol. The second-order valence-electron chi connectivity index (χ2n) is 4.61. The van der Waals surface area contributed by atoms with E-state index in [1.165, 1.54) is 11.8 Å². The molecule has 0 aliphatic carbocycles. The predicted octanol–water partition coefficient (Wildman–Crippen LogP) is 1.85. The third-order valence-electron chi connectivity index (χ3n) is 2.69. The van der Waals surface area contributed by atoms with Crippen LogP contribution in [0.3, 0.4) is 0 Å². The molecule has 0 spiro atoms. The molecule has 21 heavy (non-hydrogen) atoms. The fraction of sp³-hybridized carbons (Fsp3) is 0.308. The monoisotopic (exact) mass is 313 g/mol. The first-order valence-corrected chi connectivity index (χ1v) is 6.96. The summed E-state index contributed by atoms with van der Waals surface area (Å²) in [6.07, 6.45) is -0.124. The Morgan fingerprint density at radius 2 is 2.14 bits per heavy atom. The Labute approximate surface area is 124 Å². The minimum atomic E-state index is -0.862. The fourth-order valence-corrected chi connectivity index (χ4v) is 2.66. The highest BCUT2D eigenvalue weighted by Gasteiger charge is 2.31. The molecule has 1 aliphatic rings. The van der Waals surface area contributed by atoms with Crippen LogP contribution in [0.4, 0.5) is 14.5 Å². The van der Waals surface area contributed by atoms with Crippen molar-refractivity contribution in [2.45, 2.75) is 11.7 Å². The Kier molecular flexibility index (Phi) is 4.56. The van der Waals surface area contributed by atoms with Crippen molar-refractivity contribution in [3.05, 3.63) is 29.8 Å². The summed E-state index contributed by atoms with van der Waals surface area (Å²) in [5, 5.41) is 2.23. The van der Waals surface area contributed by atoms with E-state index in [2.05, 4.69) is 10.3 Å². The Bertz CT molecular complexity index is 619. The van der Waals surface area contributed by atoms with Gasteiger partial charge in [0.1, 0.15) is 16.9 Å². The van der Waals surface area contributed by atoms with Crippen molar-refractivity contribution >= 4 is 34.4 Å². The molecule has 112 valence electrons. The second kappa shape index (κ2) is 6.21. The molecular formula is C13H13F2N3O2S. The normalized spacial score (nSPS) is 17.6. The molecule has 1 heterocycles. The van der Waals surface area contributed by atoms with Gasteiger partial charge >= 0.3 is 0 Å². The molecule has 1 aliphatic heterocycles. The predicted molar refractivity (Wildman–Crippen MR) is 77.1 cm³/mol. The lowest BCUT2D eigenvalue weighted by Crippen LogP contribution is -2.22. The summed E-state index contributed by atoms with van der Waals surface area (Å²) in [5.41, 5.74) is -0.120. The van der Waals surface area contributed by atoms with Crippen molar-refractivity contribution in [1.82, 2.24) is 4.90 Å². The molecule has 1 aromatic carbocycles. The lowest BCUT2D eigenvalue weighted by Gasteiger charge is -2.12. The van der Waals surface area contributed by atoms with Gasteiger partial charge < -0.3 is 10.2 Å². The van der Waals surface area contributed by atoms with E-state index in [1.807, 2.05) is 0 Å². The van der Waals surface area contributed by atoms with Gasteiger partial charge in [0, 0.05) is 26.6 Å². The minimum Gasteiger partial charge on any atom is -0.357 e. The number of rotatable bonds is 3. The quantitative estimate of drug-likeness (QED) is 0.925. The molecule has 0 saturated carbocycles. The van der Waals surface area contributed by atoms with Crippen LogP contribution in [0.15, 0.2) is 23.2 Å². The molecule has 2 rings (SSSR count). The van der Waals surface area contributed by atoms with E-state index in [-0.39, 0.29) is 12.1 Å². The lowest BCUT2D eigenvalue weighted by atomic mass is 10.2. The maximum atomic E-state index is 13.4. The number of anilines is 1. The fourth-order valence-electron chi connectivity index (χ4n) is 1.67. The second-order valence-corrected chi connectivity index (χ2v) is 5.78. The third kappa shape index (κ3) is 3.78. The topological polar surface area (TPSA) is 61.8 Å². The highest BCUT2D eigenvalue weighted by Crippen LogP contribution is 2.26. The van der Waals surface area contributed by atoms with Gasteiger partial charge in [0.15, 0.2) is 5.17 Å². The summed E-state index contributed by atoms with van der Waals surface area (Å²) in [4.78, 5) is 29.0. The molecule has 0 radical (unpaired) electrons. The van der Waals surface area contributed by atoms with Crippen LogP contribution in [-0.2, 0) is 9.59 Å². The number of amidine groups is 1. The third-order valence-corrected chi connectivity index (χ3v) is 4.01. The van der Waals surface area contributed by atoms with E-state index in [0.717, 1.165) is 12.1 Å². The molecular weight excluding hydrogens is 300 g/mol. The van der Waals surface area contributed by atoms with Gasteiger partial charge in [-0.15, -0.1) is 0 Å². The standard InChI is InChI=1S/C13H13F2N3O2S/c1-18(2)13-17-12(20)10(21-13)6-11(19)16-9-4-3-7(14)5-8(9)15/h3-5,10H,6H2,1-2H3,(H,16,19). The first-order valence-electron chi connectivity index (χ1n) is 6.08. The zero-order chi connectivity index (χ0) is 15.6. The molecule has 5 nitrogen and oxygen atoms in total. The zero-order valence-electron chi connectivity index (χ0n) is 11.4. The summed E-state index contributed by atoms with van der Waals surface area (Å²) >= 11 is 1.18. The number of thioether (sulfide) groups is 1. The molecule has 8 heteroatoms. The lowest BCUT2D eigenvalue weighted by molar-refractivity contribution is -0.121. The Hall–Kier alpha value is -1.96. The highest BCUT2D eigenvalue weighted by molar-refractivity contribution is 8.15. The van der Waals surface area contributed by atoms with Crippen LogP contribution in [0, 0.1) is 11.6 Å². The number of nitrogens with one attached hydrogen (secondary N) is 1. The number of aliphatic imine (C=N–C) groups is 1. The van der Waals surface area contributed by atoms with Gasteiger partial charge in [-0.05, 0) is 12.1 Å². The maximum Gasteiger partial charge on any atom is 0.262 e. The Morgan fingerprint density at radius 3 is 2.71 bits per heavy atom. The van der Waals surface area contributed by atoms with Gasteiger partial charge in [-0.1, -0.05) is 11.8 Å². The van der Waals surface area contributed by atoms with E-state index in [4.69, 9.17) is 0 Å². The number of carbonyl (C=O) groups is 2. The molecule has 1 atom stereocenters. The summed E-state index contributed by atoms with van der Waals surface area (Å²) in [7, 11) is 3.49. The number of hydrogen-bond acceptors (Lipinski definition) is 4. The first-order chi connectivity index (χ1) is 9.86. The minimum absolute atomic E-state index is 0.120. The molecule has 0 saturated heterocycles. The summed E-state index contributed by atoms with van der Waals surface area (Å²) in [6, 6.07) is 2.85. The van der Waals surface area contributed by atoms with E-state index in [1.54, 1.807) is 19.0 Å². The maximum absolute atomic E-state index is 13.4. The van der Waals surface area contributed by atoms with Crippen molar-refractivity contribution < 1.29 is 18.4 Å². The number of amides is 2. The van der Waals surface area contributed by atoms with Crippen molar-refractivity contribution in [2.75, 3.05) is 19.4 Å². The van der Waals surface area contributed by atoms with Crippen LogP contribution in [0.1, 0.15) is 6.42 Å². The van der Waals surface area contributed by atoms with Crippen molar-refractivity contribution in [3.8, 4) is 0 Å². The molecule has 1 aromatic rings. The smallest absolute Gasteiger partial charge is 0.262 e. The number of nitrogens with zero attached hydrogens (tertiary/aromatic N) is 2. The Balaban J connectivity index is 1.96. The van der Waals surface area contributed by atoms with Gasteiger partial charge in [0.25, 0.3) is 5.91 Å². The number of halogens is 2. The van der Waals surface area contributed by atoms with E-state index in [0.29, 0.717) is 11.2 Å². The van der Waals surface area contributed by atoms with Gasteiger partial charge in [-0.2, -0.15) is 4.99 Å². The van der Waals surface area contributed by atoms with Crippen LogP contribution in [0.2, 0.25) is 0 Å². The van der Waals surface area contributed by atoms with Crippen molar-refractivity contribution in [2.24, 2.45) is 4.99 Å². The van der Waals surface area contributed by atoms with Crippen molar-refractivity contribution in [3.63, 3.8) is 0 Å². The molecule has 0 fully saturated rings. The van der Waals surface area contributed by atoms with Crippen LogP contribution in [0.5, 0.6) is 0 Å². The number of benzene rings is 1. The molecule has 1 unspecified atom stereocenters. The van der Waals surface area contributed by atoms with E-state index >= 15 is 0 Å². The van der Waals surface area contributed by atoms with Crippen molar-refractivity contribution in [1.29, 1.82) is 0 Å². The van der Waals surface area contributed by atoms with Gasteiger partial charge in [0.2, 0.25) is 5.91 Å². The van der Waals surface area contributed by atoms with Crippen LogP contribution in [-0.4, -0.2) is 41.2 Å². The molecule has 0 bridgehead atoms. The van der Waals surface area contributed by atoms with Crippen LogP contribution < -0.4 is 5.32 Å². The largest absolute Gasteiger partial charge is 0.357 e. The van der Waals surface area contributed by atoms with Gasteiger partial charge in [-0.3, -0.25) is 9.59 Å². The van der Waals surface area contributed by atoms with Gasteiger partial charge in [0.05, 0.1) is 5.69 Å². The number of carbonyl (C=O) groups excluding carboxylic acids is 2. The number of hydrogen-bond donors (Lipinski definition) is 1. The SMILES string of the molecule is CN(C)C1=NC(=O)C(CC(=O)Nc2ccc(F)cc2F)S1. The van der Waals surface area contributed by atoms with Crippen LogP contribution in [0.25, 0.3) is 0 Å². The molecule has 0 aromatic heterocycles. The molecule has 1 N–H and O–H groups in total. The average Bonchev–Trinajstić information content (AvgIpc) is 2.75. The zero-order valence-corrected chi connectivity index (χ0v) is 12.2. The highest BCUT2D eigenvalue weighted by atomic mass is 32.2. The molecule has 2 amide bonds.